The minimum Gasteiger partial charge on any atom is -0.335 e. The normalized spacial score (nSPS) is 10.5. The van der Waals surface area contributed by atoms with Crippen molar-refractivity contribution in [3.63, 3.8) is 0 Å². The Hall–Kier alpha value is -2.68. The number of benzene rings is 1. The Morgan fingerprint density at radius 3 is 2.64 bits per heavy atom. The third-order valence-electron chi connectivity index (χ3n) is 3.36. The molecule has 0 aliphatic heterocycles. The summed E-state index contributed by atoms with van der Waals surface area (Å²) < 4.78 is 1.73. The first-order valence-corrected chi connectivity index (χ1v) is 7.21. The second-order valence-corrected chi connectivity index (χ2v) is 5.29. The number of hydrogen-bond donors (Lipinski definition) is 0. The van der Waals surface area contributed by atoms with Crippen LogP contribution < -0.4 is 0 Å². The molecule has 0 unspecified atom stereocenters. The molecule has 0 spiro atoms. The molecule has 0 bridgehead atoms. The maximum atomic E-state index is 12.5. The van der Waals surface area contributed by atoms with Gasteiger partial charge >= 0.3 is 0 Å². The van der Waals surface area contributed by atoms with E-state index in [9.17, 15) is 4.79 Å². The molecule has 2 aromatic rings. The fourth-order valence-corrected chi connectivity index (χ4v) is 2.18. The highest BCUT2D eigenvalue weighted by Gasteiger charge is 2.18. The number of hydrogen-bond acceptors (Lipinski definition) is 4. The van der Waals surface area contributed by atoms with E-state index in [-0.39, 0.29) is 11.9 Å². The van der Waals surface area contributed by atoms with Crippen molar-refractivity contribution in [1.29, 1.82) is 5.26 Å². The highest BCUT2D eigenvalue weighted by molar-refractivity contribution is 5.94. The van der Waals surface area contributed by atoms with Crippen LogP contribution in [0.5, 0.6) is 0 Å². The molecule has 22 heavy (non-hydrogen) atoms. The quantitative estimate of drug-likeness (QED) is 0.818. The molecule has 0 fully saturated rings. The van der Waals surface area contributed by atoms with E-state index >= 15 is 0 Å². The molecule has 1 aromatic carbocycles. The van der Waals surface area contributed by atoms with E-state index < -0.39 is 0 Å². The van der Waals surface area contributed by atoms with Crippen molar-refractivity contribution < 1.29 is 4.79 Å². The Kier molecular flexibility index (Phi) is 5.26. The highest BCUT2D eigenvalue weighted by atomic mass is 16.2. The Balaban J connectivity index is 2.08. The lowest BCUT2D eigenvalue weighted by atomic mass is 10.1. The van der Waals surface area contributed by atoms with Gasteiger partial charge < -0.3 is 4.90 Å². The fraction of sp³-hybridized carbons (Fsp3) is 0.375. The van der Waals surface area contributed by atoms with Gasteiger partial charge in [0.05, 0.1) is 19.0 Å². The molecule has 6 heteroatoms. The van der Waals surface area contributed by atoms with Crippen LogP contribution in [-0.4, -0.2) is 38.2 Å². The topological polar surface area (TPSA) is 74.8 Å². The lowest BCUT2D eigenvalue weighted by Crippen LogP contribution is -2.37. The van der Waals surface area contributed by atoms with Crippen molar-refractivity contribution in [1.82, 2.24) is 19.7 Å². The summed E-state index contributed by atoms with van der Waals surface area (Å²) in [7, 11) is 0. The van der Waals surface area contributed by atoms with E-state index in [0.29, 0.717) is 25.1 Å². The van der Waals surface area contributed by atoms with Crippen molar-refractivity contribution in [2.75, 3.05) is 6.54 Å². The summed E-state index contributed by atoms with van der Waals surface area (Å²) in [4.78, 5) is 18.1. The molecule has 1 heterocycles. The van der Waals surface area contributed by atoms with Gasteiger partial charge in [0.1, 0.15) is 12.7 Å². The number of aromatic nitrogens is 3. The van der Waals surface area contributed by atoms with Crippen molar-refractivity contribution in [3.05, 3.63) is 48.0 Å². The largest absolute Gasteiger partial charge is 0.335 e. The number of rotatable bonds is 6. The zero-order chi connectivity index (χ0) is 15.9. The molecule has 0 saturated heterocycles. The standard InChI is InChI=1S/C16H19N5O/c1-13(2)21(9-3-8-17)16(22)15-6-4-14(5-7-15)10-20-12-18-11-19-20/h4-7,11-13H,3,9-10H2,1-2H3. The predicted octanol–water partition coefficient (Wildman–Crippen LogP) is 2.09. The van der Waals surface area contributed by atoms with Gasteiger partial charge in [-0.2, -0.15) is 10.4 Å². The zero-order valence-corrected chi connectivity index (χ0v) is 12.8. The van der Waals surface area contributed by atoms with Crippen LogP contribution in [0.3, 0.4) is 0 Å². The van der Waals surface area contributed by atoms with Crippen molar-refractivity contribution in [2.45, 2.75) is 32.9 Å². The molecular weight excluding hydrogens is 278 g/mol. The van der Waals surface area contributed by atoms with Crippen LogP contribution in [-0.2, 0) is 6.54 Å². The molecule has 2 rings (SSSR count). The highest BCUT2D eigenvalue weighted by Crippen LogP contribution is 2.11. The van der Waals surface area contributed by atoms with Gasteiger partial charge in [-0.05, 0) is 31.5 Å². The minimum atomic E-state index is -0.0439. The van der Waals surface area contributed by atoms with E-state index in [4.69, 9.17) is 5.26 Å². The number of nitrogens with zero attached hydrogens (tertiary/aromatic N) is 5. The zero-order valence-electron chi connectivity index (χ0n) is 12.8. The van der Waals surface area contributed by atoms with Gasteiger partial charge in [0, 0.05) is 18.2 Å². The molecule has 6 nitrogen and oxygen atoms in total. The van der Waals surface area contributed by atoms with Gasteiger partial charge in [-0.3, -0.25) is 4.79 Å². The van der Waals surface area contributed by atoms with Crippen molar-refractivity contribution >= 4 is 5.91 Å². The SMILES string of the molecule is CC(C)N(CCC#N)C(=O)c1ccc(Cn2cncn2)cc1. The Morgan fingerprint density at radius 2 is 2.09 bits per heavy atom. The second-order valence-electron chi connectivity index (χ2n) is 5.29. The number of amides is 1. The molecule has 0 radical (unpaired) electrons. The second kappa shape index (κ2) is 7.36. The summed E-state index contributed by atoms with van der Waals surface area (Å²) in [6.45, 7) is 4.98. The van der Waals surface area contributed by atoms with E-state index in [1.165, 1.54) is 6.33 Å². The van der Waals surface area contributed by atoms with E-state index in [1.54, 1.807) is 15.9 Å². The molecule has 1 amide bonds. The maximum absolute atomic E-state index is 12.5. The lowest BCUT2D eigenvalue weighted by Gasteiger charge is -2.26. The van der Waals surface area contributed by atoms with Gasteiger partial charge in [-0.1, -0.05) is 12.1 Å². The molecule has 0 saturated carbocycles. The Bertz CT molecular complexity index is 640. The van der Waals surface area contributed by atoms with Gasteiger partial charge in [-0.15, -0.1) is 0 Å². The molecule has 0 N–H and O–H groups in total. The van der Waals surface area contributed by atoms with Gasteiger partial charge in [0.15, 0.2) is 0 Å². The van der Waals surface area contributed by atoms with Crippen LogP contribution in [0, 0.1) is 11.3 Å². The van der Waals surface area contributed by atoms with Crippen LogP contribution >= 0.6 is 0 Å². The Labute approximate surface area is 130 Å². The monoisotopic (exact) mass is 297 g/mol. The first-order chi connectivity index (χ1) is 10.6. The number of carbonyl (C=O) groups excluding carboxylic acids is 1. The molecule has 114 valence electrons. The van der Waals surface area contributed by atoms with E-state index in [2.05, 4.69) is 16.2 Å². The van der Waals surface area contributed by atoms with Gasteiger partial charge in [0.25, 0.3) is 5.91 Å². The lowest BCUT2D eigenvalue weighted by molar-refractivity contribution is 0.0710. The van der Waals surface area contributed by atoms with Crippen LogP contribution in [0.1, 0.15) is 36.2 Å². The van der Waals surface area contributed by atoms with Crippen molar-refractivity contribution in [2.24, 2.45) is 0 Å². The summed E-state index contributed by atoms with van der Waals surface area (Å²) in [6, 6.07) is 9.61. The fourth-order valence-electron chi connectivity index (χ4n) is 2.18. The summed E-state index contributed by atoms with van der Waals surface area (Å²) in [5.74, 6) is -0.0439. The third-order valence-corrected chi connectivity index (χ3v) is 3.36. The number of carbonyl (C=O) groups is 1. The number of nitriles is 1. The maximum Gasteiger partial charge on any atom is 0.254 e. The summed E-state index contributed by atoms with van der Waals surface area (Å²) >= 11 is 0. The molecule has 1 aromatic heterocycles. The average Bonchev–Trinajstić information content (AvgIpc) is 3.01. The first-order valence-electron chi connectivity index (χ1n) is 7.21. The predicted molar refractivity (Wildman–Crippen MR) is 82.0 cm³/mol. The molecule has 0 aliphatic rings. The minimum absolute atomic E-state index is 0.0439. The molecular formula is C16H19N5O. The first kappa shape index (κ1) is 15.7. The van der Waals surface area contributed by atoms with Crippen LogP contribution in [0.15, 0.2) is 36.9 Å². The molecule has 0 atom stereocenters. The van der Waals surface area contributed by atoms with Crippen molar-refractivity contribution in [3.8, 4) is 6.07 Å². The summed E-state index contributed by atoms with van der Waals surface area (Å²) in [5, 5.41) is 12.8. The smallest absolute Gasteiger partial charge is 0.254 e. The third kappa shape index (κ3) is 3.92. The Morgan fingerprint density at radius 1 is 1.36 bits per heavy atom. The summed E-state index contributed by atoms with van der Waals surface area (Å²) in [5.41, 5.74) is 1.68. The van der Waals surface area contributed by atoms with Crippen LogP contribution in [0.4, 0.5) is 0 Å². The summed E-state index contributed by atoms with van der Waals surface area (Å²) in [6.07, 6.45) is 3.49. The van der Waals surface area contributed by atoms with E-state index in [1.807, 2.05) is 38.1 Å². The van der Waals surface area contributed by atoms with E-state index in [0.717, 1.165) is 5.56 Å². The van der Waals surface area contributed by atoms with Gasteiger partial charge in [-0.25, -0.2) is 9.67 Å². The van der Waals surface area contributed by atoms with Crippen LogP contribution in [0.25, 0.3) is 0 Å². The van der Waals surface area contributed by atoms with Crippen LogP contribution in [0.2, 0.25) is 0 Å². The van der Waals surface area contributed by atoms with Gasteiger partial charge in [0.2, 0.25) is 0 Å². The molecule has 0 aliphatic carbocycles. The average molecular weight is 297 g/mol.